The molecule has 0 spiro atoms. The highest BCUT2D eigenvalue weighted by Crippen LogP contribution is 2.26. The normalized spacial score (nSPS) is 17.3. The minimum Gasteiger partial charge on any atom is -0.354 e. The second-order valence-corrected chi connectivity index (χ2v) is 7.48. The van der Waals surface area contributed by atoms with Crippen LogP contribution in [0.2, 0.25) is 5.15 Å². The van der Waals surface area contributed by atoms with Gasteiger partial charge in [0.25, 0.3) is 0 Å². The van der Waals surface area contributed by atoms with Gasteiger partial charge in [0.2, 0.25) is 10.0 Å². The van der Waals surface area contributed by atoms with E-state index in [2.05, 4.69) is 9.88 Å². The maximum atomic E-state index is 11.5. The van der Waals surface area contributed by atoms with Crippen LogP contribution < -0.4 is 4.90 Å². The van der Waals surface area contributed by atoms with Gasteiger partial charge < -0.3 is 4.90 Å². The molecule has 2 heterocycles. The fourth-order valence-corrected chi connectivity index (χ4v) is 3.64. The molecule has 3 rings (SSSR count). The van der Waals surface area contributed by atoms with Crippen LogP contribution in [0.25, 0.3) is 10.8 Å². The summed E-state index contributed by atoms with van der Waals surface area (Å²) in [5, 5.41) is 2.45. The Labute approximate surface area is 129 Å². The number of anilines is 1. The van der Waals surface area contributed by atoms with Crippen molar-refractivity contribution in [1.82, 2.24) is 9.29 Å². The molecule has 1 fully saturated rings. The number of halogens is 1. The van der Waals surface area contributed by atoms with Crippen molar-refractivity contribution in [3.63, 3.8) is 0 Å². The summed E-state index contributed by atoms with van der Waals surface area (Å²) in [4.78, 5) is 6.51. The molecule has 7 heteroatoms. The van der Waals surface area contributed by atoms with Gasteiger partial charge >= 0.3 is 0 Å². The van der Waals surface area contributed by atoms with Crippen LogP contribution in [0.4, 0.5) is 5.82 Å². The van der Waals surface area contributed by atoms with E-state index in [-0.39, 0.29) is 0 Å². The minimum atomic E-state index is -3.11. The quantitative estimate of drug-likeness (QED) is 0.792. The van der Waals surface area contributed by atoms with E-state index in [4.69, 9.17) is 11.6 Å². The maximum absolute atomic E-state index is 11.5. The van der Waals surface area contributed by atoms with E-state index in [1.54, 1.807) is 0 Å². The first-order valence-corrected chi connectivity index (χ1v) is 8.93. The SMILES string of the molecule is CS(=O)(=O)N1CCN(c2cc3ccccc3c(Cl)n2)CC1. The highest BCUT2D eigenvalue weighted by Gasteiger charge is 2.24. The molecule has 1 aromatic carbocycles. The molecule has 112 valence electrons. The zero-order valence-electron chi connectivity index (χ0n) is 11.7. The van der Waals surface area contributed by atoms with E-state index in [1.165, 1.54) is 10.6 Å². The Hall–Kier alpha value is -1.37. The highest BCUT2D eigenvalue weighted by atomic mass is 35.5. The number of hydrogen-bond acceptors (Lipinski definition) is 4. The van der Waals surface area contributed by atoms with Gasteiger partial charge in [0.05, 0.1) is 6.26 Å². The third kappa shape index (κ3) is 2.97. The number of hydrogen-bond donors (Lipinski definition) is 0. The van der Waals surface area contributed by atoms with Crippen molar-refractivity contribution in [2.75, 3.05) is 37.3 Å². The molecule has 1 aromatic heterocycles. The third-order valence-corrected chi connectivity index (χ3v) is 5.30. The number of pyridine rings is 1. The zero-order chi connectivity index (χ0) is 15.0. The molecule has 0 aliphatic carbocycles. The van der Waals surface area contributed by atoms with Crippen LogP contribution in [0.3, 0.4) is 0 Å². The molecule has 0 radical (unpaired) electrons. The van der Waals surface area contributed by atoms with Gasteiger partial charge in [-0.25, -0.2) is 13.4 Å². The summed E-state index contributed by atoms with van der Waals surface area (Å²) in [6.07, 6.45) is 1.24. The molecule has 1 aliphatic rings. The number of fused-ring (bicyclic) bond motifs is 1. The van der Waals surface area contributed by atoms with E-state index in [9.17, 15) is 8.42 Å². The molecule has 2 aromatic rings. The van der Waals surface area contributed by atoms with Gasteiger partial charge in [0.15, 0.2) is 0 Å². The summed E-state index contributed by atoms with van der Waals surface area (Å²) in [5.41, 5.74) is 0. The van der Waals surface area contributed by atoms with Crippen molar-refractivity contribution in [3.05, 3.63) is 35.5 Å². The van der Waals surface area contributed by atoms with Gasteiger partial charge in [-0.1, -0.05) is 35.9 Å². The second kappa shape index (κ2) is 5.44. The molecule has 5 nitrogen and oxygen atoms in total. The summed E-state index contributed by atoms with van der Waals surface area (Å²) in [5.74, 6) is 0.798. The van der Waals surface area contributed by atoms with Crippen molar-refractivity contribution in [3.8, 4) is 0 Å². The standard InChI is InChI=1S/C14H16ClN3O2S/c1-21(19,20)18-8-6-17(7-9-18)13-10-11-4-2-3-5-12(11)14(15)16-13/h2-5,10H,6-9H2,1H3. The lowest BCUT2D eigenvalue weighted by Crippen LogP contribution is -2.48. The lowest BCUT2D eigenvalue weighted by atomic mass is 10.2. The molecule has 0 saturated carbocycles. The fourth-order valence-electron chi connectivity index (χ4n) is 2.55. The van der Waals surface area contributed by atoms with Crippen molar-refractivity contribution < 1.29 is 8.42 Å². The Kier molecular flexibility index (Phi) is 3.77. The lowest BCUT2D eigenvalue weighted by molar-refractivity contribution is 0.387. The molecule has 21 heavy (non-hydrogen) atoms. The van der Waals surface area contributed by atoms with Crippen molar-refractivity contribution >= 4 is 38.2 Å². The van der Waals surface area contributed by atoms with E-state index in [0.717, 1.165) is 16.6 Å². The molecule has 1 aliphatic heterocycles. The number of aromatic nitrogens is 1. The number of nitrogens with zero attached hydrogens (tertiary/aromatic N) is 3. The van der Waals surface area contributed by atoms with Crippen LogP contribution in [0, 0.1) is 0 Å². The first-order chi connectivity index (χ1) is 9.95. The molecule has 0 unspecified atom stereocenters. The van der Waals surface area contributed by atoms with Crippen LogP contribution >= 0.6 is 11.6 Å². The number of sulfonamides is 1. The number of rotatable bonds is 2. The van der Waals surface area contributed by atoms with Gasteiger partial charge in [-0.2, -0.15) is 4.31 Å². The average molecular weight is 326 g/mol. The zero-order valence-corrected chi connectivity index (χ0v) is 13.2. The van der Waals surface area contributed by atoms with Gasteiger partial charge in [0.1, 0.15) is 11.0 Å². The number of benzene rings is 1. The Morgan fingerprint density at radius 2 is 1.81 bits per heavy atom. The van der Waals surface area contributed by atoms with Crippen LogP contribution in [0.5, 0.6) is 0 Å². The molecule has 0 N–H and O–H groups in total. The van der Waals surface area contributed by atoms with E-state index in [1.807, 2.05) is 30.3 Å². The van der Waals surface area contributed by atoms with Gasteiger partial charge in [-0.3, -0.25) is 0 Å². The molecular weight excluding hydrogens is 310 g/mol. The Bertz CT molecular complexity index is 771. The first-order valence-electron chi connectivity index (χ1n) is 6.70. The Balaban J connectivity index is 1.86. The van der Waals surface area contributed by atoms with Crippen molar-refractivity contribution in [2.45, 2.75) is 0 Å². The van der Waals surface area contributed by atoms with Crippen LogP contribution in [-0.4, -0.2) is 50.1 Å². The summed E-state index contributed by atoms with van der Waals surface area (Å²) < 4.78 is 24.6. The van der Waals surface area contributed by atoms with E-state index in [0.29, 0.717) is 31.3 Å². The molecule has 0 bridgehead atoms. The van der Waals surface area contributed by atoms with Crippen molar-refractivity contribution in [2.24, 2.45) is 0 Å². The maximum Gasteiger partial charge on any atom is 0.211 e. The molecule has 0 amide bonds. The third-order valence-electron chi connectivity index (χ3n) is 3.71. The molecule has 1 saturated heterocycles. The Morgan fingerprint density at radius 3 is 2.48 bits per heavy atom. The monoisotopic (exact) mass is 325 g/mol. The van der Waals surface area contributed by atoms with Crippen molar-refractivity contribution in [1.29, 1.82) is 0 Å². The fraction of sp³-hybridized carbons (Fsp3) is 0.357. The average Bonchev–Trinajstić information content (AvgIpc) is 2.46. The van der Waals surface area contributed by atoms with Gasteiger partial charge in [0, 0.05) is 31.6 Å². The summed E-state index contributed by atoms with van der Waals surface area (Å²) >= 11 is 6.24. The largest absolute Gasteiger partial charge is 0.354 e. The summed E-state index contributed by atoms with van der Waals surface area (Å²) in [6.45, 7) is 2.19. The van der Waals surface area contributed by atoms with Gasteiger partial charge in [-0.15, -0.1) is 0 Å². The number of piperazine rings is 1. The summed E-state index contributed by atoms with van der Waals surface area (Å²) in [7, 11) is -3.11. The van der Waals surface area contributed by atoms with Crippen LogP contribution in [0.1, 0.15) is 0 Å². The van der Waals surface area contributed by atoms with Crippen LogP contribution in [0.15, 0.2) is 30.3 Å². The minimum absolute atomic E-state index is 0.477. The second-order valence-electron chi connectivity index (χ2n) is 5.14. The van der Waals surface area contributed by atoms with E-state index < -0.39 is 10.0 Å². The predicted octanol–water partition coefficient (Wildman–Crippen LogP) is 1.97. The van der Waals surface area contributed by atoms with E-state index >= 15 is 0 Å². The first kappa shape index (κ1) is 14.6. The molecular formula is C14H16ClN3O2S. The summed E-state index contributed by atoms with van der Waals surface area (Å²) in [6, 6.07) is 9.83. The topological polar surface area (TPSA) is 53.5 Å². The Morgan fingerprint density at radius 1 is 1.14 bits per heavy atom. The van der Waals surface area contributed by atoms with Gasteiger partial charge in [-0.05, 0) is 11.5 Å². The smallest absolute Gasteiger partial charge is 0.211 e. The predicted molar refractivity (Wildman–Crippen MR) is 85.4 cm³/mol. The molecule has 0 atom stereocenters. The highest BCUT2D eigenvalue weighted by molar-refractivity contribution is 7.88. The lowest BCUT2D eigenvalue weighted by Gasteiger charge is -2.34. The van der Waals surface area contributed by atoms with Crippen LogP contribution in [-0.2, 0) is 10.0 Å².